The van der Waals surface area contributed by atoms with Gasteiger partial charge in [-0.15, -0.1) is 13.2 Å². The Morgan fingerprint density at radius 3 is 2.67 bits per heavy atom. The number of hydrogen-bond acceptors (Lipinski definition) is 7. The fourth-order valence-electron chi connectivity index (χ4n) is 6.05. The van der Waals surface area contributed by atoms with Crippen molar-refractivity contribution < 1.29 is 31.8 Å². The lowest BCUT2D eigenvalue weighted by Gasteiger charge is -2.61. The summed E-state index contributed by atoms with van der Waals surface area (Å²) in [6.45, 7) is -0.724. The molecule has 2 bridgehead atoms. The normalized spacial score (nSPS) is 29.6. The molecule has 14 heteroatoms. The van der Waals surface area contributed by atoms with Crippen LogP contribution in [0.3, 0.4) is 0 Å². The predicted octanol–water partition coefficient (Wildman–Crippen LogP) is 4.97. The lowest BCUT2D eigenvalue weighted by Crippen LogP contribution is -2.68. The summed E-state index contributed by atoms with van der Waals surface area (Å²) >= 11 is 0. The molecule has 0 aliphatic heterocycles. The zero-order chi connectivity index (χ0) is 26.9. The fraction of sp³-hybridized carbons (Fsp3) is 0.600. The highest BCUT2D eigenvalue weighted by molar-refractivity contribution is 5.73. The number of nitrogens with one attached hydrogen (secondary N) is 3. The molecule has 8 rings (SSSR count). The van der Waals surface area contributed by atoms with Gasteiger partial charge in [-0.2, -0.15) is 10.2 Å². The number of aromatic amines is 1. The van der Waals surface area contributed by atoms with Gasteiger partial charge in [-0.25, -0.2) is 18.7 Å². The van der Waals surface area contributed by atoms with Crippen molar-refractivity contribution in [3.8, 4) is 0 Å². The molecule has 0 spiro atoms. The van der Waals surface area contributed by atoms with Gasteiger partial charge in [-0.3, -0.25) is 9.84 Å². The Morgan fingerprint density at radius 1 is 1.18 bits per heavy atom. The van der Waals surface area contributed by atoms with E-state index in [1.54, 1.807) is 12.3 Å². The van der Waals surface area contributed by atoms with E-state index in [2.05, 4.69) is 35.7 Å². The summed E-state index contributed by atoms with van der Waals surface area (Å²) in [4.78, 5) is 17.0. The molecule has 3 atom stereocenters. The van der Waals surface area contributed by atoms with Gasteiger partial charge in [0, 0.05) is 29.1 Å². The molecular weight excluding hydrogens is 522 g/mol. The minimum absolute atomic E-state index is 0.100. The van der Waals surface area contributed by atoms with Crippen molar-refractivity contribution in [1.29, 1.82) is 0 Å². The summed E-state index contributed by atoms with van der Waals surface area (Å²) in [6.07, 6.45) is -0.0640. The van der Waals surface area contributed by atoms with Crippen LogP contribution in [0.2, 0.25) is 0 Å². The molecule has 10 nitrogen and oxygen atoms in total. The van der Waals surface area contributed by atoms with Crippen molar-refractivity contribution in [3.05, 3.63) is 35.4 Å². The number of hydrogen-bond donors (Lipinski definition) is 3. The van der Waals surface area contributed by atoms with Gasteiger partial charge in [-0.1, -0.05) is 0 Å². The lowest BCUT2D eigenvalue weighted by atomic mass is 9.50. The quantitative estimate of drug-likeness (QED) is 0.340. The average Bonchev–Trinajstić information content (AvgIpc) is 3.27. The third-order valence-corrected chi connectivity index (χ3v) is 8.31. The van der Waals surface area contributed by atoms with Crippen LogP contribution in [0, 0.1) is 5.92 Å². The number of anilines is 2. The van der Waals surface area contributed by atoms with Crippen LogP contribution in [0.5, 0.6) is 0 Å². The second-order valence-electron chi connectivity index (χ2n) is 11.3. The first-order chi connectivity index (χ1) is 18.6. The number of alkyl halides is 4. The molecule has 5 fully saturated rings. The molecule has 0 saturated heterocycles. The summed E-state index contributed by atoms with van der Waals surface area (Å²) in [5.74, 6) is 1.20. The summed E-state index contributed by atoms with van der Waals surface area (Å²) in [7, 11) is 0. The monoisotopic (exact) mass is 549 g/mol. The number of fused-ring (bicyclic) bond motifs is 1. The molecule has 39 heavy (non-hydrogen) atoms. The maximum atomic E-state index is 15.3. The maximum absolute atomic E-state index is 15.3. The van der Waals surface area contributed by atoms with Crippen molar-refractivity contribution >= 4 is 23.2 Å². The smallest absolute Gasteiger partial charge is 0.443 e. The van der Waals surface area contributed by atoms with Gasteiger partial charge < -0.3 is 15.4 Å². The van der Waals surface area contributed by atoms with Crippen LogP contribution in [0.25, 0.3) is 5.52 Å². The number of halogens is 4. The SMILES string of the molecule is O=C(NC12CC(C1)C2)O[C@H]1CC[C@@H](c2cc(Nc3nc(C4CC4)cn4nc(COC(F)(F)F)cc34)n[nH]2)[C@H]1F. The highest BCUT2D eigenvalue weighted by Crippen LogP contribution is 2.57. The molecule has 208 valence electrons. The largest absolute Gasteiger partial charge is 0.522 e. The molecule has 3 aromatic heterocycles. The standard InChI is InChI=1S/C25H27F4N7O3/c26-21-15(3-4-19(21)39-23(37)32-24-7-12(8-24)9-24)16-6-20(34-33-16)31-22-18-5-14(11-38-25(27,28)29)35-36(18)10-17(30-22)13-1-2-13/h5-6,10,12-13,15,19,21H,1-4,7-9,11H2,(H,32,37)(H2,30,31,33,34)/t12?,15-,19-,21+,24?/m0/s1. The number of ether oxygens (including phenoxy) is 2. The second kappa shape index (κ2) is 8.80. The van der Waals surface area contributed by atoms with Crippen LogP contribution < -0.4 is 10.6 Å². The van der Waals surface area contributed by atoms with E-state index in [1.165, 1.54) is 10.6 Å². The maximum Gasteiger partial charge on any atom is 0.522 e. The lowest BCUT2D eigenvalue weighted by molar-refractivity contribution is -0.330. The molecule has 3 aromatic rings. The first kappa shape index (κ1) is 24.6. The Kier molecular flexibility index (Phi) is 5.55. The van der Waals surface area contributed by atoms with Gasteiger partial charge in [0.2, 0.25) is 0 Å². The molecule has 5 saturated carbocycles. The third kappa shape index (κ3) is 4.79. The minimum Gasteiger partial charge on any atom is -0.443 e. The summed E-state index contributed by atoms with van der Waals surface area (Å²) in [6, 6.07) is 3.15. The third-order valence-electron chi connectivity index (χ3n) is 8.31. The van der Waals surface area contributed by atoms with E-state index in [4.69, 9.17) is 4.74 Å². The van der Waals surface area contributed by atoms with E-state index in [0.29, 0.717) is 41.6 Å². The molecule has 3 N–H and O–H groups in total. The van der Waals surface area contributed by atoms with Crippen LogP contribution >= 0.6 is 0 Å². The van der Waals surface area contributed by atoms with Crippen molar-refractivity contribution in [2.75, 3.05) is 5.32 Å². The van der Waals surface area contributed by atoms with Gasteiger partial charge in [0.05, 0.1) is 17.6 Å². The van der Waals surface area contributed by atoms with Gasteiger partial charge in [-0.05, 0) is 56.9 Å². The highest BCUT2D eigenvalue weighted by Gasteiger charge is 2.58. The molecule has 5 aliphatic rings. The van der Waals surface area contributed by atoms with E-state index >= 15 is 4.39 Å². The van der Waals surface area contributed by atoms with Crippen molar-refractivity contribution in [1.82, 2.24) is 30.1 Å². The van der Waals surface area contributed by atoms with Gasteiger partial charge in [0.1, 0.15) is 24.4 Å². The molecule has 0 aromatic carbocycles. The van der Waals surface area contributed by atoms with E-state index in [0.717, 1.165) is 37.8 Å². The summed E-state index contributed by atoms with van der Waals surface area (Å²) < 4.78 is 63.7. The van der Waals surface area contributed by atoms with Crippen LogP contribution in [-0.2, 0) is 16.1 Å². The van der Waals surface area contributed by atoms with Crippen LogP contribution in [-0.4, -0.2) is 55.1 Å². The van der Waals surface area contributed by atoms with Crippen molar-refractivity contribution in [2.45, 2.75) is 87.6 Å². The van der Waals surface area contributed by atoms with Gasteiger partial charge in [0.15, 0.2) is 11.6 Å². The number of nitrogens with zero attached hydrogens (tertiary/aromatic N) is 4. The molecule has 5 aliphatic carbocycles. The first-order valence-electron chi connectivity index (χ1n) is 13.2. The highest BCUT2D eigenvalue weighted by atomic mass is 19.4. The Labute approximate surface area is 219 Å². The Bertz CT molecular complexity index is 1400. The number of H-pyrrole nitrogens is 1. The van der Waals surface area contributed by atoms with E-state index in [-0.39, 0.29) is 17.2 Å². The Hall–Kier alpha value is -3.42. The van der Waals surface area contributed by atoms with Gasteiger partial charge in [0.25, 0.3) is 0 Å². The van der Waals surface area contributed by atoms with E-state index in [9.17, 15) is 18.0 Å². The number of rotatable bonds is 8. The van der Waals surface area contributed by atoms with Gasteiger partial charge >= 0.3 is 12.5 Å². The molecule has 3 heterocycles. The molecule has 0 radical (unpaired) electrons. The zero-order valence-electron chi connectivity index (χ0n) is 20.8. The zero-order valence-corrected chi connectivity index (χ0v) is 20.8. The van der Waals surface area contributed by atoms with Crippen LogP contribution in [0.4, 0.5) is 34.0 Å². The molecule has 1 amide bonds. The minimum atomic E-state index is -4.77. The van der Waals surface area contributed by atoms with Crippen LogP contribution in [0.1, 0.15) is 73.9 Å². The Balaban J connectivity index is 1.05. The fourth-order valence-corrected chi connectivity index (χ4v) is 6.05. The number of carbonyl (C=O) groups excluding carboxylic acids is 1. The summed E-state index contributed by atoms with van der Waals surface area (Å²) in [5, 5.41) is 17.4. The molecular formula is C25H27F4N7O3. The van der Waals surface area contributed by atoms with Crippen LogP contribution in [0.15, 0.2) is 18.3 Å². The molecule has 0 unspecified atom stereocenters. The number of aromatic nitrogens is 5. The van der Waals surface area contributed by atoms with E-state index in [1.807, 2.05) is 0 Å². The topological polar surface area (TPSA) is 118 Å². The van der Waals surface area contributed by atoms with E-state index < -0.39 is 37.3 Å². The summed E-state index contributed by atoms with van der Waals surface area (Å²) in [5.41, 5.74) is 1.75. The Morgan fingerprint density at radius 2 is 1.97 bits per heavy atom. The van der Waals surface area contributed by atoms with Crippen molar-refractivity contribution in [3.63, 3.8) is 0 Å². The first-order valence-corrected chi connectivity index (χ1v) is 13.2. The van der Waals surface area contributed by atoms with Crippen molar-refractivity contribution in [2.24, 2.45) is 5.92 Å². The number of amides is 1. The second-order valence-corrected chi connectivity index (χ2v) is 11.3. The predicted molar refractivity (Wildman–Crippen MR) is 128 cm³/mol. The number of alkyl carbamates (subject to hydrolysis) is 1. The average molecular weight is 550 g/mol. The number of carbonyl (C=O) groups is 1.